The van der Waals surface area contributed by atoms with Gasteiger partial charge in [-0.15, -0.1) is 0 Å². The standard InChI is InChI=1S/C19H19FNO4/c1-13(22)18(17(20)12-21-24-2)25-19(23)16-10-8-15(9-11-16)14-6-4-3-5-7-14/h3-13,17-18,22H,1H2,2H3/t13-,17-,18-/m1/s1. The average molecular weight is 344 g/mol. The molecule has 0 aliphatic carbocycles. The van der Waals surface area contributed by atoms with E-state index in [1.807, 2.05) is 30.3 Å². The maximum Gasteiger partial charge on any atom is 0.338 e. The van der Waals surface area contributed by atoms with E-state index in [1.165, 1.54) is 7.11 Å². The fraction of sp³-hybridized carbons (Fsp3) is 0.211. The van der Waals surface area contributed by atoms with Gasteiger partial charge < -0.3 is 14.7 Å². The summed E-state index contributed by atoms with van der Waals surface area (Å²) in [5.41, 5.74) is 2.18. The Labute approximate surface area is 145 Å². The number of rotatable bonds is 7. The first-order valence-corrected chi connectivity index (χ1v) is 7.61. The van der Waals surface area contributed by atoms with Crippen LogP contribution in [0, 0.1) is 6.92 Å². The number of benzene rings is 2. The molecule has 0 fully saturated rings. The first-order chi connectivity index (χ1) is 12.0. The van der Waals surface area contributed by atoms with Gasteiger partial charge >= 0.3 is 5.97 Å². The predicted molar refractivity (Wildman–Crippen MR) is 92.8 cm³/mol. The van der Waals surface area contributed by atoms with Crippen LogP contribution in [0.15, 0.2) is 59.8 Å². The molecule has 2 rings (SSSR count). The van der Waals surface area contributed by atoms with Crippen molar-refractivity contribution in [2.75, 3.05) is 7.11 Å². The lowest BCUT2D eigenvalue weighted by molar-refractivity contribution is -0.0232. The molecule has 1 N–H and O–H groups in total. The van der Waals surface area contributed by atoms with Crippen LogP contribution in [0.5, 0.6) is 0 Å². The normalized spacial score (nSPS) is 14.7. The first-order valence-electron chi connectivity index (χ1n) is 7.61. The van der Waals surface area contributed by atoms with Crippen LogP contribution < -0.4 is 0 Å². The number of esters is 1. The number of carbonyl (C=O) groups excluding carboxylic acids is 1. The highest BCUT2D eigenvalue weighted by Crippen LogP contribution is 2.20. The van der Waals surface area contributed by atoms with Gasteiger partial charge in [-0.05, 0) is 30.2 Å². The van der Waals surface area contributed by atoms with Gasteiger partial charge in [-0.3, -0.25) is 0 Å². The second kappa shape index (κ2) is 8.94. The van der Waals surface area contributed by atoms with E-state index < -0.39 is 24.3 Å². The molecule has 25 heavy (non-hydrogen) atoms. The van der Waals surface area contributed by atoms with Crippen LogP contribution in [0.4, 0.5) is 4.39 Å². The SMILES string of the molecule is [CH2][C@@H](O)[C@@H](OC(=O)c1ccc(-c2ccccc2)cc1)[C@H](F)C=NOC. The number of carbonyl (C=O) groups is 1. The molecular weight excluding hydrogens is 325 g/mol. The summed E-state index contributed by atoms with van der Waals surface area (Å²) >= 11 is 0. The van der Waals surface area contributed by atoms with E-state index in [4.69, 9.17) is 4.74 Å². The number of hydrogen-bond acceptors (Lipinski definition) is 5. The van der Waals surface area contributed by atoms with Crippen LogP contribution >= 0.6 is 0 Å². The van der Waals surface area contributed by atoms with Crippen molar-refractivity contribution in [2.45, 2.75) is 18.4 Å². The fourth-order valence-corrected chi connectivity index (χ4v) is 2.18. The molecule has 2 aromatic rings. The van der Waals surface area contributed by atoms with Crippen molar-refractivity contribution in [2.24, 2.45) is 5.16 Å². The predicted octanol–water partition coefficient (Wildman–Crippen LogP) is 3.04. The second-order valence-corrected chi connectivity index (χ2v) is 5.26. The largest absolute Gasteiger partial charge is 0.452 e. The number of hydrogen-bond donors (Lipinski definition) is 1. The minimum Gasteiger partial charge on any atom is -0.452 e. The van der Waals surface area contributed by atoms with Crippen molar-refractivity contribution >= 4 is 12.2 Å². The minimum absolute atomic E-state index is 0.237. The lowest BCUT2D eigenvalue weighted by atomic mass is 10.0. The number of nitrogens with zero attached hydrogens (tertiary/aromatic N) is 1. The maximum absolute atomic E-state index is 14.0. The Balaban J connectivity index is 2.10. The molecular formula is C19H19FNO4. The van der Waals surface area contributed by atoms with Crippen LogP contribution in [0.2, 0.25) is 0 Å². The van der Waals surface area contributed by atoms with Crippen molar-refractivity contribution in [1.82, 2.24) is 0 Å². The van der Waals surface area contributed by atoms with E-state index in [2.05, 4.69) is 16.9 Å². The molecule has 0 saturated carbocycles. The summed E-state index contributed by atoms with van der Waals surface area (Å²) < 4.78 is 19.0. The third-order valence-corrected chi connectivity index (χ3v) is 3.47. The summed E-state index contributed by atoms with van der Waals surface area (Å²) in [6.45, 7) is 3.30. The van der Waals surface area contributed by atoms with E-state index in [-0.39, 0.29) is 5.56 Å². The highest BCUT2D eigenvalue weighted by atomic mass is 19.1. The Morgan fingerprint density at radius 2 is 1.76 bits per heavy atom. The molecule has 3 atom stereocenters. The summed E-state index contributed by atoms with van der Waals surface area (Å²) in [5.74, 6) is -0.763. The first kappa shape index (κ1) is 18.6. The zero-order valence-electron chi connectivity index (χ0n) is 13.7. The van der Waals surface area contributed by atoms with Crippen molar-refractivity contribution in [3.63, 3.8) is 0 Å². The Kier molecular flexibility index (Phi) is 6.65. The zero-order chi connectivity index (χ0) is 18.2. The lowest BCUT2D eigenvalue weighted by Gasteiger charge is -2.21. The monoisotopic (exact) mass is 344 g/mol. The molecule has 0 bridgehead atoms. The Hall–Kier alpha value is -2.73. The summed E-state index contributed by atoms with van der Waals surface area (Å²) in [6, 6.07) is 16.3. The molecule has 1 radical (unpaired) electrons. The Morgan fingerprint density at radius 1 is 1.16 bits per heavy atom. The van der Waals surface area contributed by atoms with E-state index in [1.54, 1.807) is 24.3 Å². The Bertz CT molecular complexity index is 701. The molecule has 0 aliphatic rings. The highest BCUT2D eigenvalue weighted by molar-refractivity contribution is 5.90. The highest BCUT2D eigenvalue weighted by Gasteiger charge is 2.29. The van der Waals surface area contributed by atoms with Crippen LogP contribution in [0.1, 0.15) is 10.4 Å². The van der Waals surface area contributed by atoms with Gasteiger partial charge in [0.1, 0.15) is 7.11 Å². The van der Waals surface area contributed by atoms with E-state index in [0.29, 0.717) is 0 Å². The molecule has 0 aliphatic heterocycles. The van der Waals surface area contributed by atoms with Crippen LogP contribution in [-0.4, -0.2) is 42.8 Å². The molecule has 6 heteroatoms. The molecule has 0 aromatic heterocycles. The van der Waals surface area contributed by atoms with Crippen LogP contribution in [0.25, 0.3) is 11.1 Å². The minimum atomic E-state index is -1.85. The third kappa shape index (κ3) is 5.12. The van der Waals surface area contributed by atoms with Gasteiger partial charge in [-0.2, -0.15) is 0 Å². The Morgan fingerprint density at radius 3 is 2.32 bits per heavy atom. The van der Waals surface area contributed by atoms with Crippen molar-refractivity contribution in [3.05, 3.63) is 67.1 Å². The molecule has 0 unspecified atom stereocenters. The molecule has 2 aromatic carbocycles. The number of aliphatic hydroxyl groups excluding tert-OH is 1. The van der Waals surface area contributed by atoms with Gasteiger partial charge in [0.2, 0.25) is 0 Å². The van der Waals surface area contributed by atoms with Gasteiger partial charge in [0.15, 0.2) is 12.3 Å². The number of halogens is 1. The number of alkyl halides is 1. The lowest BCUT2D eigenvalue weighted by Crippen LogP contribution is -2.38. The smallest absolute Gasteiger partial charge is 0.338 e. The van der Waals surface area contributed by atoms with Gasteiger partial charge in [-0.1, -0.05) is 47.6 Å². The molecule has 0 saturated heterocycles. The molecule has 0 heterocycles. The summed E-state index contributed by atoms with van der Waals surface area (Å²) in [4.78, 5) is 16.6. The summed E-state index contributed by atoms with van der Waals surface area (Å²) in [5, 5.41) is 12.8. The number of aliphatic hydroxyl groups is 1. The van der Waals surface area contributed by atoms with E-state index in [9.17, 15) is 14.3 Å². The van der Waals surface area contributed by atoms with E-state index >= 15 is 0 Å². The van der Waals surface area contributed by atoms with Crippen molar-refractivity contribution in [3.8, 4) is 11.1 Å². The summed E-state index contributed by atoms with van der Waals surface area (Å²) in [7, 11) is 1.25. The second-order valence-electron chi connectivity index (χ2n) is 5.26. The molecule has 0 amide bonds. The fourth-order valence-electron chi connectivity index (χ4n) is 2.18. The van der Waals surface area contributed by atoms with Gasteiger partial charge in [0.25, 0.3) is 0 Å². The average Bonchev–Trinajstić information content (AvgIpc) is 2.64. The zero-order valence-corrected chi connectivity index (χ0v) is 13.7. The van der Waals surface area contributed by atoms with Gasteiger partial charge in [0, 0.05) is 0 Å². The molecule has 131 valence electrons. The topological polar surface area (TPSA) is 68.1 Å². The molecule has 0 spiro atoms. The van der Waals surface area contributed by atoms with Gasteiger partial charge in [-0.25, -0.2) is 9.18 Å². The molecule has 5 nitrogen and oxygen atoms in total. The van der Waals surface area contributed by atoms with Crippen molar-refractivity contribution in [1.29, 1.82) is 0 Å². The summed E-state index contributed by atoms with van der Waals surface area (Å²) in [6.07, 6.45) is -3.99. The van der Waals surface area contributed by atoms with Crippen molar-refractivity contribution < 1.29 is 23.9 Å². The third-order valence-electron chi connectivity index (χ3n) is 3.47. The van der Waals surface area contributed by atoms with Gasteiger partial charge in [0.05, 0.1) is 17.9 Å². The maximum atomic E-state index is 14.0. The van der Waals surface area contributed by atoms with E-state index in [0.717, 1.165) is 17.3 Å². The number of oxime groups is 1. The number of ether oxygens (including phenoxy) is 1. The quantitative estimate of drug-likeness (QED) is 0.476. The van der Waals surface area contributed by atoms with Crippen LogP contribution in [0.3, 0.4) is 0 Å². The van der Waals surface area contributed by atoms with Crippen LogP contribution in [-0.2, 0) is 9.57 Å².